The molecule has 37 heavy (non-hydrogen) atoms. The lowest BCUT2D eigenvalue weighted by molar-refractivity contribution is 0.154. The van der Waals surface area contributed by atoms with Crippen LogP contribution in [0.15, 0.2) is 39.7 Å². The van der Waals surface area contributed by atoms with Crippen molar-refractivity contribution in [2.75, 3.05) is 31.0 Å². The summed E-state index contributed by atoms with van der Waals surface area (Å²) >= 11 is 0. The van der Waals surface area contributed by atoms with Crippen LogP contribution in [0.4, 0.5) is 21.8 Å². The van der Waals surface area contributed by atoms with E-state index in [9.17, 15) is 9.18 Å². The van der Waals surface area contributed by atoms with Crippen LogP contribution in [0.1, 0.15) is 33.3 Å². The molecule has 11 heteroatoms. The van der Waals surface area contributed by atoms with Gasteiger partial charge in [-0.1, -0.05) is 38.9 Å². The van der Waals surface area contributed by atoms with Gasteiger partial charge in [-0.2, -0.15) is 0 Å². The lowest BCUT2D eigenvalue weighted by atomic mass is 10.1. The van der Waals surface area contributed by atoms with Gasteiger partial charge in [0.15, 0.2) is 8.32 Å². The van der Waals surface area contributed by atoms with Crippen molar-refractivity contribution in [2.24, 2.45) is 7.05 Å². The summed E-state index contributed by atoms with van der Waals surface area (Å²) in [5, 5.41) is 14.6. The van der Waals surface area contributed by atoms with E-state index in [0.29, 0.717) is 24.5 Å². The van der Waals surface area contributed by atoms with Gasteiger partial charge in [-0.15, -0.1) is 5.10 Å². The number of hydrogen-bond donors (Lipinski definition) is 2. The van der Waals surface area contributed by atoms with Crippen LogP contribution < -0.4 is 16.2 Å². The molecule has 0 saturated heterocycles. The summed E-state index contributed by atoms with van der Waals surface area (Å²) < 4.78 is 33.7. The Morgan fingerprint density at radius 1 is 1.16 bits per heavy atom. The van der Waals surface area contributed by atoms with Crippen LogP contribution in [0.25, 0.3) is 11.5 Å². The van der Waals surface area contributed by atoms with E-state index in [1.54, 1.807) is 26.4 Å². The Morgan fingerprint density at radius 2 is 1.89 bits per heavy atom. The number of pyridine rings is 1. The summed E-state index contributed by atoms with van der Waals surface area (Å²) in [6, 6.07) is 6.31. The number of ether oxygens (including phenoxy) is 1. The molecular weight excluding hydrogens is 493 g/mol. The van der Waals surface area contributed by atoms with E-state index in [4.69, 9.17) is 13.6 Å². The molecule has 3 rings (SSSR count). The molecule has 202 valence electrons. The van der Waals surface area contributed by atoms with Gasteiger partial charge < -0.3 is 28.8 Å². The van der Waals surface area contributed by atoms with Crippen molar-refractivity contribution in [3.63, 3.8) is 0 Å². The number of aromatic nitrogens is 3. The quantitative estimate of drug-likeness (QED) is 0.320. The Hall–Kier alpha value is -3.02. The number of rotatable bonds is 11. The number of nitrogens with one attached hydrogen (secondary N) is 2. The largest absolute Gasteiger partial charge is 0.415 e. The molecule has 9 nitrogen and oxygen atoms in total. The fourth-order valence-corrected chi connectivity index (χ4v) is 4.40. The second-order valence-electron chi connectivity index (χ2n) is 10.6. The van der Waals surface area contributed by atoms with Gasteiger partial charge in [-0.3, -0.25) is 4.79 Å². The highest BCUT2D eigenvalue weighted by molar-refractivity contribution is 6.74. The average molecular weight is 532 g/mol. The summed E-state index contributed by atoms with van der Waals surface area (Å²) in [6.45, 7) is 13.7. The van der Waals surface area contributed by atoms with Crippen molar-refractivity contribution in [2.45, 2.75) is 58.3 Å². The first-order chi connectivity index (χ1) is 17.3. The smallest absolute Gasteiger partial charge is 0.316 e. The summed E-state index contributed by atoms with van der Waals surface area (Å²) in [4.78, 5) is 12.4. The predicted molar refractivity (Wildman–Crippen MR) is 146 cm³/mol. The first-order valence-corrected chi connectivity index (χ1v) is 15.2. The molecule has 0 spiro atoms. The van der Waals surface area contributed by atoms with Crippen LogP contribution in [0.5, 0.6) is 0 Å². The molecule has 0 radical (unpaired) electrons. The molecule has 0 aliphatic carbocycles. The highest BCUT2D eigenvalue weighted by Gasteiger charge is 2.37. The monoisotopic (exact) mass is 531 g/mol. The second kappa shape index (κ2) is 11.6. The zero-order valence-corrected chi connectivity index (χ0v) is 23.9. The van der Waals surface area contributed by atoms with E-state index in [0.717, 1.165) is 12.0 Å². The number of aryl methyl sites for hydroxylation is 2. The Kier molecular flexibility index (Phi) is 8.93. The summed E-state index contributed by atoms with van der Waals surface area (Å²) in [6.07, 6.45) is 2.30. The molecule has 3 aromatic rings. The molecule has 1 unspecified atom stereocenters. The van der Waals surface area contributed by atoms with Crippen LogP contribution >= 0.6 is 0 Å². The SMILES string of the molecule is CCc1ccc(Nc2cc(=O)n(C)cc2-c2nnc(NC(COC)CO[Si](C)(C)C(C)(C)C)o2)c(F)c1. The first kappa shape index (κ1) is 28.5. The molecule has 1 aromatic carbocycles. The van der Waals surface area contributed by atoms with Gasteiger partial charge in [0.1, 0.15) is 5.82 Å². The molecule has 2 aromatic heterocycles. The Labute approximate surface area is 218 Å². The fraction of sp³-hybridized carbons (Fsp3) is 0.500. The Balaban J connectivity index is 1.85. The highest BCUT2D eigenvalue weighted by atomic mass is 28.4. The zero-order valence-electron chi connectivity index (χ0n) is 22.9. The van der Waals surface area contributed by atoms with E-state index in [2.05, 4.69) is 54.7 Å². The lowest BCUT2D eigenvalue weighted by Crippen LogP contribution is -2.44. The number of anilines is 3. The van der Waals surface area contributed by atoms with Gasteiger partial charge in [0.25, 0.3) is 11.4 Å². The van der Waals surface area contributed by atoms with Crippen molar-refractivity contribution in [1.82, 2.24) is 14.8 Å². The predicted octanol–water partition coefficient (Wildman–Crippen LogP) is 5.33. The molecule has 2 heterocycles. The maximum Gasteiger partial charge on any atom is 0.316 e. The minimum atomic E-state index is -1.96. The van der Waals surface area contributed by atoms with Crippen molar-refractivity contribution >= 4 is 25.7 Å². The minimum absolute atomic E-state index is 0.0747. The average Bonchev–Trinajstić information content (AvgIpc) is 3.28. The molecule has 1 atom stereocenters. The number of hydrogen-bond acceptors (Lipinski definition) is 8. The van der Waals surface area contributed by atoms with Gasteiger partial charge in [-0.25, -0.2) is 4.39 Å². The molecule has 0 aliphatic rings. The number of benzene rings is 1. The summed E-state index contributed by atoms with van der Waals surface area (Å²) in [7, 11) is 1.28. The highest BCUT2D eigenvalue weighted by Crippen LogP contribution is 2.36. The van der Waals surface area contributed by atoms with Gasteiger partial charge in [0.2, 0.25) is 0 Å². The van der Waals surface area contributed by atoms with Crippen molar-refractivity contribution in [3.8, 4) is 11.5 Å². The van der Waals surface area contributed by atoms with Gasteiger partial charge in [0, 0.05) is 26.4 Å². The van der Waals surface area contributed by atoms with Crippen LogP contribution in [-0.4, -0.2) is 49.4 Å². The van der Waals surface area contributed by atoms with Crippen LogP contribution in [-0.2, 0) is 22.6 Å². The molecule has 0 bridgehead atoms. The Morgan fingerprint density at radius 3 is 2.51 bits per heavy atom. The summed E-state index contributed by atoms with van der Waals surface area (Å²) in [5.74, 6) is -0.240. The fourth-order valence-electron chi connectivity index (χ4n) is 3.35. The van der Waals surface area contributed by atoms with E-state index in [1.807, 2.05) is 13.0 Å². The minimum Gasteiger partial charge on any atom is -0.415 e. The van der Waals surface area contributed by atoms with Crippen molar-refractivity contribution in [3.05, 3.63) is 52.2 Å². The van der Waals surface area contributed by atoms with E-state index in [1.165, 1.54) is 16.7 Å². The summed E-state index contributed by atoms with van der Waals surface area (Å²) in [5.41, 5.74) is 1.67. The maximum atomic E-state index is 14.7. The second-order valence-corrected chi connectivity index (χ2v) is 15.4. The van der Waals surface area contributed by atoms with Crippen molar-refractivity contribution in [1.29, 1.82) is 0 Å². The molecule has 0 amide bonds. The van der Waals surface area contributed by atoms with E-state index >= 15 is 0 Å². The van der Waals surface area contributed by atoms with Gasteiger partial charge in [0.05, 0.1) is 36.2 Å². The molecule has 0 fully saturated rings. The Bertz CT molecular complexity index is 1270. The van der Waals surface area contributed by atoms with Crippen LogP contribution in [0.2, 0.25) is 18.1 Å². The van der Waals surface area contributed by atoms with E-state index < -0.39 is 14.1 Å². The number of nitrogens with zero attached hydrogens (tertiary/aromatic N) is 3. The lowest BCUT2D eigenvalue weighted by Gasteiger charge is -2.37. The van der Waals surface area contributed by atoms with Crippen LogP contribution in [0, 0.1) is 5.82 Å². The third kappa shape index (κ3) is 7.05. The first-order valence-electron chi connectivity index (χ1n) is 12.3. The zero-order chi connectivity index (χ0) is 27.4. The van der Waals surface area contributed by atoms with E-state index in [-0.39, 0.29) is 34.2 Å². The maximum absolute atomic E-state index is 14.7. The molecule has 0 saturated carbocycles. The topological polar surface area (TPSA) is 103 Å². The third-order valence-corrected chi connectivity index (χ3v) is 11.2. The molecule has 0 aliphatic heterocycles. The van der Waals surface area contributed by atoms with Gasteiger partial charge >= 0.3 is 6.01 Å². The van der Waals surface area contributed by atoms with Crippen LogP contribution in [0.3, 0.4) is 0 Å². The number of halogens is 1. The third-order valence-electron chi connectivity index (χ3n) is 6.74. The molecule has 2 N–H and O–H groups in total. The normalized spacial score (nSPS) is 13.0. The van der Waals surface area contributed by atoms with Crippen molar-refractivity contribution < 1.29 is 18.0 Å². The van der Waals surface area contributed by atoms with Gasteiger partial charge in [-0.05, 0) is 42.2 Å². The number of methoxy groups -OCH3 is 1. The standard InChI is InChI=1S/C26H38FN5O4Si/c1-9-17-10-11-21(20(27)12-17)29-22-13-23(33)32(5)14-19(22)24-30-31-25(36-24)28-18(15-34-6)16-35-37(7,8)26(2,3)4/h10-14,18,29H,9,15-16H2,1-8H3,(H,28,31). The molecular formula is C26H38FN5O4Si.